The lowest BCUT2D eigenvalue weighted by Crippen LogP contribution is -2.39. The molecule has 1 atom stereocenters. The molecule has 1 aliphatic heterocycles. The summed E-state index contributed by atoms with van der Waals surface area (Å²) >= 11 is 0. The first-order valence-corrected chi connectivity index (χ1v) is 9.48. The summed E-state index contributed by atoms with van der Waals surface area (Å²) in [5.41, 5.74) is 3.32. The SMILES string of the molecule is Cc1c(-c2cc(CN3CCC(NC(=O)Nc4ccc(F)cc4)C3)on2)cnn1C. The van der Waals surface area contributed by atoms with Gasteiger partial charge in [-0.1, -0.05) is 5.16 Å². The Morgan fingerprint density at radius 1 is 1.34 bits per heavy atom. The van der Waals surface area contributed by atoms with Gasteiger partial charge in [-0.2, -0.15) is 5.10 Å². The van der Waals surface area contributed by atoms with Gasteiger partial charge in [0.1, 0.15) is 11.5 Å². The molecule has 0 bridgehead atoms. The normalized spacial score (nSPS) is 16.9. The maximum absolute atomic E-state index is 12.9. The van der Waals surface area contributed by atoms with E-state index in [0.29, 0.717) is 12.2 Å². The van der Waals surface area contributed by atoms with Gasteiger partial charge in [-0.05, 0) is 37.6 Å². The van der Waals surface area contributed by atoms with Gasteiger partial charge in [0, 0.05) is 49.2 Å². The summed E-state index contributed by atoms with van der Waals surface area (Å²) in [6.45, 7) is 4.19. The highest BCUT2D eigenvalue weighted by Crippen LogP contribution is 2.23. The molecule has 1 aromatic carbocycles. The molecule has 0 saturated carbocycles. The van der Waals surface area contributed by atoms with Crippen LogP contribution < -0.4 is 10.6 Å². The monoisotopic (exact) mass is 398 g/mol. The number of aromatic nitrogens is 3. The maximum Gasteiger partial charge on any atom is 0.319 e. The van der Waals surface area contributed by atoms with Crippen LogP contribution in [0.4, 0.5) is 14.9 Å². The van der Waals surface area contributed by atoms with Crippen LogP contribution in [0.3, 0.4) is 0 Å². The molecule has 152 valence electrons. The van der Waals surface area contributed by atoms with Gasteiger partial charge in [-0.3, -0.25) is 9.58 Å². The molecular formula is C20H23FN6O2. The van der Waals surface area contributed by atoms with E-state index < -0.39 is 0 Å². The Hall–Kier alpha value is -3.20. The minimum Gasteiger partial charge on any atom is -0.359 e. The van der Waals surface area contributed by atoms with E-state index in [2.05, 4.69) is 25.8 Å². The van der Waals surface area contributed by atoms with Crippen molar-refractivity contribution in [3.8, 4) is 11.3 Å². The van der Waals surface area contributed by atoms with Gasteiger partial charge in [0.2, 0.25) is 0 Å². The number of carbonyl (C=O) groups excluding carboxylic acids is 1. The molecule has 2 N–H and O–H groups in total. The predicted molar refractivity (Wildman–Crippen MR) is 106 cm³/mol. The first-order chi connectivity index (χ1) is 14.0. The number of rotatable bonds is 5. The van der Waals surface area contributed by atoms with Crippen molar-refractivity contribution in [2.75, 3.05) is 18.4 Å². The van der Waals surface area contributed by atoms with Crippen LogP contribution in [0.1, 0.15) is 17.9 Å². The average Bonchev–Trinajstić information content (AvgIpc) is 3.40. The van der Waals surface area contributed by atoms with Crippen LogP contribution in [-0.4, -0.2) is 45.0 Å². The van der Waals surface area contributed by atoms with Crippen molar-refractivity contribution in [2.45, 2.75) is 25.9 Å². The number of carbonyl (C=O) groups is 1. The van der Waals surface area contributed by atoms with E-state index in [1.54, 1.807) is 10.9 Å². The van der Waals surface area contributed by atoms with Gasteiger partial charge in [0.25, 0.3) is 0 Å². The summed E-state index contributed by atoms with van der Waals surface area (Å²) in [6.07, 6.45) is 2.63. The van der Waals surface area contributed by atoms with Crippen LogP contribution in [0.2, 0.25) is 0 Å². The summed E-state index contributed by atoms with van der Waals surface area (Å²) in [5, 5.41) is 14.1. The number of urea groups is 1. The molecule has 1 aliphatic rings. The number of halogens is 1. The molecule has 29 heavy (non-hydrogen) atoms. The molecule has 0 aliphatic carbocycles. The summed E-state index contributed by atoms with van der Waals surface area (Å²) < 4.78 is 20.2. The minimum absolute atomic E-state index is 0.0402. The topological polar surface area (TPSA) is 88.2 Å². The van der Waals surface area contributed by atoms with Crippen LogP contribution >= 0.6 is 0 Å². The van der Waals surface area contributed by atoms with Crippen LogP contribution in [0.15, 0.2) is 41.1 Å². The lowest BCUT2D eigenvalue weighted by molar-refractivity contribution is 0.245. The van der Waals surface area contributed by atoms with Crippen molar-refractivity contribution >= 4 is 11.7 Å². The van der Waals surface area contributed by atoms with Gasteiger partial charge >= 0.3 is 6.03 Å². The van der Waals surface area contributed by atoms with Gasteiger partial charge in [-0.15, -0.1) is 0 Å². The molecule has 2 aromatic heterocycles. The second kappa shape index (κ2) is 8.04. The number of nitrogens with zero attached hydrogens (tertiary/aromatic N) is 4. The zero-order chi connectivity index (χ0) is 20.4. The lowest BCUT2D eigenvalue weighted by Gasteiger charge is -2.15. The number of amides is 2. The Balaban J connectivity index is 1.28. The molecule has 4 rings (SSSR count). The highest BCUT2D eigenvalue weighted by atomic mass is 19.1. The molecular weight excluding hydrogens is 375 g/mol. The van der Waals surface area contributed by atoms with E-state index in [4.69, 9.17) is 4.52 Å². The molecule has 0 spiro atoms. The molecule has 1 unspecified atom stereocenters. The van der Waals surface area contributed by atoms with Crippen LogP contribution in [0.5, 0.6) is 0 Å². The van der Waals surface area contributed by atoms with E-state index >= 15 is 0 Å². The fourth-order valence-electron chi connectivity index (χ4n) is 3.46. The third kappa shape index (κ3) is 4.45. The van der Waals surface area contributed by atoms with Crippen LogP contribution in [-0.2, 0) is 13.6 Å². The van der Waals surface area contributed by atoms with Crippen molar-refractivity contribution in [3.63, 3.8) is 0 Å². The first kappa shape index (κ1) is 19.1. The third-order valence-electron chi connectivity index (χ3n) is 5.16. The molecule has 2 amide bonds. The minimum atomic E-state index is -0.336. The van der Waals surface area contributed by atoms with Crippen molar-refractivity contribution in [1.82, 2.24) is 25.2 Å². The summed E-state index contributed by atoms with van der Waals surface area (Å²) in [7, 11) is 1.89. The standard InChI is InChI=1S/C20H23FN6O2/c1-13-18(10-22-26(13)2)19-9-17(29-25-19)12-27-8-7-16(11-27)24-20(28)23-15-5-3-14(21)4-6-15/h3-6,9-10,16H,7-8,11-12H2,1-2H3,(H2,23,24,28). The molecule has 1 fully saturated rings. The van der Waals surface area contributed by atoms with Gasteiger partial charge in [-0.25, -0.2) is 9.18 Å². The van der Waals surface area contributed by atoms with Crippen molar-refractivity contribution < 1.29 is 13.7 Å². The second-order valence-electron chi connectivity index (χ2n) is 7.27. The predicted octanol–water partition coefficient (Wildman–Crippen LogP) is 2.92. The third-order valence-corrected chi connectivity index (χ3v) is 5.16. The van der Waals surface area contributed by atoms with E-state index in [9.17, 15) is 9.18 Å². The Morgan fingerprint density at radius 3 is 2.86 bits per heavy atom. The largest absolute Gasteiger partial charge is 0.359 e. The molecule has 1 saturated heterocycles. The Morgan fingerprint density at radius 2 is 2.14 bits per heavy atom. The fourth-order valence-corrected chi connectivity index (χ4v) is 3.46. The Kier molecular flexibility index (Phi) is 5.30. The zero-order valence-electron chi connectivity index (χ0n) is 16.4. The van der Waals surface area contributed by atoms with Crippen LogP contribution in [0, 0.1) is 12.7 Å². The van der Waals surface area contributed by atoms with E-state index in [1.807, 2.05) is 20.0 Å². The fraction of sp³-hybridized carbons (Fsp3) is 0.350. The number of benzene rings is 1. The first-order valence-electron chi connectivity index (χ1n) is 9.48. The van der Waals surface area contributed by atoms with Crippen LogP contribution in [0.25, 0.3) is 11.3 Å². The van der Waals surface area contributed by atoms with E-state index in [0.717, 1.165) is 42.2 Å². The number of aryl methyl sites for hydroxylation is 1. The van der Waals surface area contributed by atoms with Gasteiger partial charge in [0.15, 0.2) is 5.76 Å². The summed E-state index contributed by atoms with van der Waals surface area (Å²) in [6, 6.07) is 7.36. The second-order valence-corrected chi connectivity index (χ2v) is 7.27. The summed E-state index contributed by atoms with van der Waals surface area (Å²) in [4.78, 5) is 14.4. The number of hydrogen-bond acceptors (Lipinski definition) is 5. The Labute approximate surface area is 167 Å². The quantitative estimate of drug-likeness (QED) is 0.690. The van der Waals surface area contributed by atoms with Gasteiger partial charge in [0.05, 0.1) is 12.7 Å². The maximum atomic E-state index is 12.9. The van der Waals surface area contributed by atoms with Crippen molar-refractivity contribution in [2.24, 2.45) is 7.05 Å². The number of anilines is 1. The van der Waals surface area contributed by atoms with Gasteiger partial charge < -0.3 is 15.2 Å². The lowest BCUT2D eigenvalue weighted by atomic mass is 10.2. The smallest absolute Gasteiger partial charge is 0.319 e. The molecule has 0 radical (unpaired) electrons. The number of likely N-dealkylation sites (tertiary alicyclic amines) is 1. The molecule has 3 heterocycles. The zero-order valence-corrected chi connectivity index (χ0v) is 16.4. The molecule has 3 aromatic rings. The molecule has 9 heteroatoms. The highest BCUT2D eigenvalue weighted by molar-refractivity contribution is 5.89. The van der Waals surface area contributed by atoms with Crippen molar-refractivity contribution in [3.05, 3.63) is 53.8 Å². The van der Waals surface area contributed by atoms with E-state index in [-0.39, 0.29) is 17.9 Å². The Bertz CT molecular complexity index is 997. The number of hydrogen-bond donors (Lipinski definition) is 2. The average molecular weight is 398 g/mol. The highest BCUT2D eigenvalue weighted by Gasteiger charge is 2.25. The number of nitrogens with one attached hydrogen (secondary N) is 2. The van der Waals surface area contributed by atoms with E-state index in [1.165, 1.54) is 24.3 Å². The summed E-state index contributed by atoms with van der Waals surface area (Å²) in [5.74, 6) is 0.441. The van der Waals surface area contributed by atoms with Crippen molar-refractivity contribution in [1.29, 1.82) is 0 Å². The molecule has 8 nitrogen and oxygen atoms in total.